The number of carbonyl (C=O) groups is 4. The number of amides is 4. The molecule has 0 saturated heterocycles. The van der Waals surface area contributed by atoms with E-state index < -0.39 is 18.5 Å². The van der Waals surface area contributed by atoms with Gasteiger partial charge >= 0.3 is 12.2 Å². The zero-order chi connectivity index (χ0) is 33.6. The van der Waals surface area contributed by atoms with E-state index in [9.17, 15) is 19.2 Å². The summed E-state index contributed by atoms with van der Waals surface area (Å²) in [6, 6.07) is 5.09. The lowest BCUT2D eigenvalue weighted by Gasteiger charge is -2.24. The molecule has 1 aromatic rings. The van der Waals surface area contributed by atoms with Crippen LogP contribution in [0.1, 0.15) is 69.9 Å². The molecule has 6 N–H and O–H groups in total. The molecule has 1 rings (SSSR count). The molecule has 45 heavy (non-hydrogen) atoms. The Labute approximate surface area is 273 Å². The highest BCUT2D eigenvalue weighted by atomic mass is 32.2. The van der Waals surface area contributed by atoms with Crippen LogP contribution in [0.5, 0.6) is 5.75 Å². The fraction of sp³-hybridized carbons (Fsp3) is 0.677. The Morgan fingerprint density at radius 1 is 0.956 bits per heavy atom. The van der Waals surface area contributed by atoms with Crippen LogP contribution >= 0.6 is 11.8 Å². The summed E-state index contributed by atoms with van der Waals surface area (Å²) in [7, 11) is 5.51. The normalized spacial score (nSPS) is 11.0. The molecule has 1 aromatic carbocycles. The molecule has 0 aliphatic carbocycles. The highest BCUT2D eigenvalue weighted by molar-refractivity contribution is 7.99. The predicted octanol–water partition coefficient (Wildman–Crippen LogP) is 3.05. The van der Waals surface area contributed by atoms with Gasteiger partial charge in [-0.1, -0.05) is 38.7 Å². The monoisotopic (exact) mass is 653 g/mol. The minimum absolute atomic E-state index is 0.0653. The second kappa shape index (κ2) is 23.3. The molecule has 13 nitrogen and oxygen atoms in total. The first kappa shape index (κ1) is 40.0. The van der Waals surface area contributed by atoms with Gasteiger partial charge in [-0.25, -0.2) is 9.59 Å². The molecule has 0 bridgehead atoms. The number of alkyl carbamates (subject to hydrolysis) is 1. The van der Waals surface area contributed by atoms with Crippen LogP contribution in [0.2, 0.25) is 0 Å². The van der Waals surface area contributed by atoms with Crippen LogP contribution in [0.15, 0.2) is 18.2 Å². The van der Waals surface area contributed by atoms with Crippen molar-refractivity contribution in [3.63, 3.8) is 0 Å². The third kappa shape index (κ3) is 19.1. The minimum atomic E-state index is -1.05. The lowest BCUT2D eigenvalue weighted by molar-refractivity contribution is -0.129. The quantitative estimate of drug-likeness (QED) is 0.108. The van der Waals surface area contributed by atoms with E-state index in [0.29, 0.717) is 49.5 Å². The molecule has 14 heteroatoms. The van der Waals surface area contributed by atoms with Crippen LogP contribution < -0.4 is 26.8 Å². The molecule has 0 saturated carbocycles. The molecule has 4 amide bonds. The van der Waals surface area contributed by atoms with Gasteiger partial charge in [0.05, 0.1) is 0 Å². The Hall–Kier alpha value is -3.07. The number of hydrogen-bond acceptors (Lipinski definition) is 10. The summed E-state index contributed by atoms with van der Waals surface area (Å²) in [6.45, 7) is 6.19. The minimum Gasteiger partial charge on any atom is -0.445 e. The van der Waals surface area contributed by atoms with Crippen LogP contribution in [-0.4, -0.2) is 104 Å². The number of hydrogen-bond donors (Lipinski definition) is 4. The van der Waals surface area contributed by atoms with Gasteiger partial charge in [-0.3, -0.25) is 26.4 Å². The van der Waals surface area contributed by atoms with Crippen molar-refractivity contribution >= 4 is 35.8 Å². The van der Waals surface area contributed by atoms with Crippen molar-refractivity contribution in [2.75, 3.05) is 58.8 Å². The van der Waals surface area contributed by atoms with Crippen molar-refractivity contribution in [3.8, 4) is 5.75 Å². The van der Waals surface area contributed by atoms with Crippen LogP contribution in [0.3, 0.4) is 0 Å². The van der Waals surface area contributed by atoms with Crippen molar-refractivity contribution in [2.45, 2.75) is 78.2 Å². The van der Waals surface area contributed by atoms with Gasteiger partial charge < -0.3 is 29.5 Å². The summed E-state index contributed by atoms with van der Waals surface area (Å²) in [4.78, 5) is 54.2. The maximum atomic E-state index is 12.8. The van der Waals surface area contributed by atoms with E-state index in [4.69, 9.17) is 20.9 Å². The van der Waals surface area contributed by atoms with Gasteiger partial charge in [0, 0.05) is 64.4 Å². The molecule has 0 spiro atoms. The third-order valence-corrected chi connectivity index (χ3v) is 7.73. The number of nitrogens with two attached hydrogens (primary N) is 2. The Balaban J connectivity index is 2.72. The van der Waals surface area contributed by atoms with Gasteiger partial charge in [-0.2, -0.15) is 11.8 Å². The van der Waals surface area contributed by atoms with Crippen molar-refractivity contribution in [3.05, 3.63) is 29.3 Å². The summed E-state index contributed by atoms with van der Waals surface area (Å²) in [6.07, 6.45) is 4.15. The smallest absolute Gasteiger partial charge is 0.415 e. The Morgan fingerprint density at radius 2 is 1.64 bits per heavy atom. The summed E-state index contributed by atoms with van der Waals surface area (Å²) in [5, 5.41) is 5.23. The van der Waals surface area contributed by atoms with E-state index in [2.05, 4.69) is 17.6 Å². The molecule has 0 unspecified atom stereocenters. The van der Waals surface area contributed by atoms with Crippen molar-refractivity contribution in [1.29, 1.82) is 0 Å². The summed E-state index contributed by atoms with van der Waals surface area (Å²) >= 11 is 1.77. The van der Waals surface area contributed by atoms with Crippen molar-refractivity contribution in [1.82, 2.24) is 25.3 Å². The SMILES string of the molecule is CCSCCC(=O)NCCCCCCCCN(Cc1cc(COC(=O)NC(N)N)ccc1OC(=O)N(C)CCN(C)C)C(C)=O. The summed E-state index contributed by atoms with van der Waals surface area (Å²) < 4.78 is 10.9. The Kier molecular flexibility index (Phi) is 20.7. The van der Waals surface area contributed by atoms with Crippen molar-refractivity contribution < 1.29 is 28.7 Å². The molecule has 256 valence electrons. The lowest BCUT2D eigenvalue weighted by Crippen LogP contribution is -2.48. The molecule has 0 aromatic heterocycles. The number of ether oxygens (including phenoxy) is 2. The van der Waals surface area contributed by atoms with Crippen LogP contribution in [-0.2, 0) is 27.5 Å². The van der Waals surface area contributed by atoms with Crippen LogP contribution in [0.25, 0.3) is 0 Å². The topological polar surface area (TPSA) is 173 Å². The largest absolute Gasteiger partial charge is 0.445 e. The van der Waals surface area contributed by atoms with Gasteiger partial charge in [0.15, 0.2) is 0 Å². The fourth-order valence-electron chi connectivity index (χ4n) is 4.20. The van der Waals surface area contributed by atoms with Gasteiger partial charge in [0.25, 0.3) is 0 Å². The van der Waals surface area contributed by atoms with Crippen molar-refractivity contribution in [2.24, 2.45) is 11.5 Å². The molecule has 0 fully saturated rings. The molecule has 0 aliphatic rings. The van der Waals surface area contributed by atoms with Gasteiger partial charge in [0.1, 0.15) is 18.6 Å². The molecular weight excluding hydrogens is 598 g/mol. The maximum Gasteiger partial charge on any atom is 0.415 e. The van der Waals surface area contributed by atoms with E-state index >= 15 is 0 Å². The highest BCUT2D eigenvalue weighted by Gasteiger charge is 2.18. The third-order valence-electron chi connectivity index (χ3n) is 6.83. The van der Waals surface area contributed by atoms with E-state index in [1.54, 1.807) is 41.9 Å². The average Bonchev–Trinajstić information content (AvgIpc) is 2.97. The molecule has 0 atom stereocenters. The second-order valence-electron chi connectivity index (χ2n) is 11.1. The van der Waals surface area contributed by atoms with Gasteiger partial charge in [0.2, 0.25) is 11.8 Å². The average molecular weight is 654 g/mol. The first-order chi connectivity index (χ1) is 21.4. The number of carbonyl (C=O) groups excluding carboxylic acids is 4. The highest BCUT2D eigenvalue weighted by Crippen LogP contribution is 2.24. The number of unbranched alkanes of at least 4 members (excludes halogenated alkanes) is 5. The number of thioether (sulfide) groups is 1. The number of likely N-dealkylation sites (N-methyl/N-ethyl adjacent to an activating group) is 2. The lowest BCUT2D eigenvalue weighted by atomic mass is 10.1. The standard InChI is InChI=1S/C31H55N7O6S/c1-6-45-20-15-28(40)34-16-11-9-7-8-10-12-17-38(24(2)39)22-26-21-25(23-43-30(41)35-29(32)33)13-14-27(26)44-31(42)37(5)19-18-36(3)4/h13-14,21,29H,6-12,15-20,22-23,32-33H2,1-5H3,(H,34,40)(H,35,41). The second-order valence-corrected chi connectivity index (χ2v) is 12.5. The number of rotatable bonds is 22. The first-order valence-electron chi connectivity index (χ1n) is 15.7. The Morgan fingerprint density at radius 3 is 2.29 bits per heavy atom. The van der Waals surface area contributed by atoms with Crippen LogP contribution in [0.4, 0.5) is 9.59 Å². The van der Waals surface area contributed by atoms with Gasteiger partial charge in [-0.05, 0) is 50.4 Å². The zero-order valence-electron chi connectivity index (χ0n) is 27.8. The Bertz CT molecular complexity index is 1040. The first-order valence-corrected chi connectivity index (χ1v) is 16.8. The molecule has 0 heterocycles. The van der Waals surface area contributed by atoms with E-state index in [0.717, 1.165) is 50.0 Å². The van der Waals surface area contributed by atoms with E-state index in [-0.39, 0.29) is 25.0 Å². The predicted molar refractivity (Wildman–Crippen MR) is 179 cm³/mol. The molecule has 0 radical (unpaired) electrons. The van der Waals surface area contributed by atoms with Gasteiger partial charge in [-0.15, -0.1) is 0 Å². The van der Waals surface area contributed by atoms with E-state index in [1.807, 2.05) is 19.0 Å². The number of nitrogens with one attached hydrogen (secondary N) is 2. The molecular formula is C31H55N7O6S. The maximum absolute atomic E-state index is 12.8. The summed E-state index contributed by atoms with van der Waals surface area (Å²) in [5.74, 6) is 2.25. The van der Waals surface area contributed by atoms with E-state index in [1.165, 1.54) is 11.8 Å². The zero-order valence-corrected chi connectivity index (χ0v) is 28.6. The number of benzene rings is 1. The fourth-order valence-corrected chi connectivity index (χ4v) is 4.82. The molecule has 0 aliphatic heterocycles. The number of nitrogens with zero attached hydrogens (tertiary/aromatic N) is 3. The van der Waals surface area contributed by atoms with Crippen LogP contribution in [0, 0.1) is 0 Å². The summed E-state index contributed by atoms with van der Waals surface area (Å²) in [5.41, 5.74) is 12.0.